The number of H-pyrrole nitrogens is 1. The Labute approximate surface area is 181 Å². The van der Waals surface area contributed by atoms with Crippen molar-refractivity contribution in [1.82, 2.24) is 19.8 Å². The van der Waals surface area contributed by atoms with Gasteiger partial charge in [0, 0.05) is 38.7 Å². The van der Waals surface area contributed by atoms with Gasteiger partial charge in [-0.3, -0.25) is 9.78 Å². The minimum atomic E-state index is -4.35. The summed E-state index contributed by atoms with van der Waals surface area (Å²) in [6.45, 7) is 4.31. The van der Waals surface area contributed by atoms with Crippen LogP contribution in [0.15, 0.2) is 25.2 Å². The largest absolute Gasteiger partial charge is 0.403 e. The number of hydrogen-bond acceptors (Lipinski definition) is 7. The molecule has 0 unspecified atom stereocenters. The maximum atomic E-state index is 12.8. The number of aromatic amines is 1. The first-order valence-corrected chi connectivity index (χ1v) is 10.5. The lowest BCUT2D eigenvalue weighted by molar-refractivity contribution is -0.133. The lowest BCUT2D eigenvalue weighted by Gasteiger charge is -2.34. The smallest absolute Gasteiger partial charge is 0.389 e. The third-order valence-electron chi connectivity index (χ3n) is 5.21. The van der Waals surface area contributed by atoms with Gasteiger partial charge in [-0.1, -0.05) is 18.5 Å². The maximum Gasteiger partial charge on any atom is 0.389 e. The SMILES string of the molecule is CCCCc1cc(=O)oc2nc(O/N=C(\CCC(F)(F)F)N3CCN(C)CC3)[nH]c(=O)c12. The zero-order chi connectivity index (χ0) is 23.3. The van der Waals surface area contributed by atoms with E-state index >= 15 is 0 Å². The molecule has 32 heavy (non-hydrogen) atoms. The summed E-state index contributed by atoms with van der Waals surface area (Å²) in [4.78, 5) is 39.8. The normalized spacial score (nSPS) is 16.0. The van der Waals surface area contributed by atoms with Crippen LogP contribution >= 0.6 is 0 Å². The average molecular weight is 457 g/mol. The van der Waals surface area contributed by atoms with Crippen LogP contribution in [0, 0.1) is 0 Å². The summed E-state index contributed by atoms with van der Waals surface area (Å²) in [6, 6.07) is 0.896. The van der Waals surface area contributed by atoms with Gasteiger partial charge in [-0.05, 0) is 25.5 Å². The van der Waals surface area contributed by atoms with Crippen molar-refractivity contribution in [2.45, 2.75) is 45.2 Å². The van der Waals surface area contributed by atoms with Crippen LogP contribution in [0.5, 0.6) is 6.01 Å². The van der Waals surface area contributed by atoms with Crippen molar-refractivity contribution < 1.29 is 22.4 Å². The van der Waals surface area contributed by atoms with Gasteiger partial charge in [-0.25, -0.2) is 4.79 Å². The molecule has 1 aliphatic rings. The average Bonchev–Trinajstić information content (AvgIpc) is 2.71. The highest BCUT2D eigenvalue weighted by Gasteiger charge is 2.29. The Bertz CT molecular complexity index is 1070. The Balaban J connectivity index is 1.89. The molecule has 1 aliphatic heterocycles. The molecule has 176 valence electrons. The Morgan fingerprint density at radius 3 is 2.66 bits per heavy atom. The number of alkyl halides is 3. The Morgan fingerprint density at radius 1 is 1.28 bits per heavy atom. The zero-order valence-electron chi connectivity index (χ0n) is 18.0. The van der Waals surface area contributed by atoms with Gasteiger partial charge in [0.1, 0.15) is 11.2 Å². The van der Waals surface area contributed by atoms with Crippen molar-refractivity contribution in [3.05, 3.63) is 32.4 Å². The van der Waals surface area contributed by atoms with E-state index in [-0.39, 0.29) is 29.4 Å². The number of halogens is 3. The molecule has 0 radical (unpaired) electrons. The first-order chi connectivity index (χ1) is 15.2. The summed E-state index contributed by atoms with van der Waals surface area (Å²) in [6.07, 6.45) is -3.63. The molecule has 2 aromatic rings. The number of hydrogen-bond donors (Lipinski definition) is 1. The second kappa shape index (κ2) is 10.2. The summed E-state index contributed by atoms with van der Waals surface area (Å²) in [7, 11) is 1.92. The molecule has 1 N–H and O–H groups in total. The van der Waals surface area contributed by atoms with Crippen LogP contribution in [0.4, 0.5) is 13.2 Å². The minimum Gasteiger partial charge on any atom is -0.403 e. The topological polar surface area (TPSA) is 104 Å². The van der Waals surface area contributed by atoms with Crippen molar-refractivity contribution in [1.29, 1.82) is 0 Å². The van der Waals surface area contributed by atoms with Gasteiger partial charge in [0.25, 0.3) is 5.56 Å². The van der Waals surface area contributed by atoms with Crippen LogP contribution in [0.2, 0.25) is 0 Å². The third-order valence-corrected chi connectivity index (χ3v) is 5.21. The fourth-order valence-corrected chi connectivity index (χ4v) is 3.41. The van der Waals surface area contributed by atoms with E-state index in [1.807, 2.05) is 14.0 Å². The minimum absolute atomic E-state index is 0.108. The molecule has 0 aromatic carbocycles. The molecule has 3 rings (SSSR count). The molecule has 1 fully saturated rings. The van der Waals surface area contributed by atoms with E-state index in [1.54, 1.807) is 4.90 Å². The quantitative estimate of drug-likeness (QED) is 0.387. The summed E-state index contributed by atoms with van der Waals surface area (Å²) >= 11 is 0. The summed E-state index contributed by atoms with van der Waals surface area (Å²) in [5, 5.41) is 4.00. The monoisotopic (exact) mass is 457 g/mol. The molecule has 3 heterocycles. The fourth-order valence-electron chi connectivity index (χ4n) is 3.41. The summed E-state index contributed by atoms with van der Waals surface area (Å²) in [5.41, 5.74) is -0.912. The zero-order valence-corrected chi connectivity index (χ0v) is 18.0. The molecule has 0 atom stereocenters. The number of nitrogens with one attached hydrogen (secondary N) is 1. The Morgan fingerprint density at radius 2 is 2.00 bits per heavy atom. The maximum absolute atomic E-state index is 12.8. The van der Waals surface area contributed by atoms with E-state index in [0.717, 1.165) is 12.8 Å². The standard InChI is InChI=1S/C20H26F3N5O4/c1-3-4-5-13-12-15(29)31-18-16(13)17(30)24-19(25-18)32-26-14(6-7-20(21,22)23)28-10-8-27(2)9-11-28/h12H,3-11H2,1-2H3,(H,24,25,30)/b26-14+. The molecule has 9 nitrogen and oxygen atoms in total. The van der Waals surface area contributed by atoms with Crippen LogP contribution < -0.4 is 16.0 Å². The van der Waals surface area contributed by atoms with Gasteiger partial charge in [0.2, 0.25) is 5.71 Å². The molecule has 2 aromatic heterocycles. The van der Waals surface area contributed by atoms with Crippen molar-refractivity contribution in [3.8, 4) is 6.01 Å². The number of rotatable bonds is 7. The third kappa shape index (κ3) is 6.31. The first kappa shape index (κ1) is 23.8. The molecule has 0 spiro atoms. The Kier molecular flexibility index (Phi) is 7.54. The van der Waals surface area contributed by atoms with E-state index in [0.29, 0.717) is 38.2 Å². The lowest BCUT2D eigenvalue weighted by atomic mass is 10.1. The van der Waals surface area contributed by atoms with Gasteiger partial charge in [-0.2, -0.15) is 18.2 Å². The second-order valence-electron chi connectivity index (χ2n) is 7.75. The molecule has 12 heteroatoms. The molecular weight excluding hydrogens is 431 g/mol. The van der Waals surface area contributed by atoms with Crippen molar-refractivity contribution in [2.75, 3.05) is 33.2 Å². The van der Waals surface area contributed by atoms with Crippen LogP contribution in [-0.2, 0) is 6.42 Å². The van der Waals surface area contributed by atoms with Gasteiger partial charge in [0.15, 0.2) is 0 Å². The first-order valence-electron chi connectivity index (χ1n) is 10.5. The van der Waals surface area contributed by atoms with Gasteiger partial charge in [0.05, 0.1) is 6.42 Å². The molecule has 0 aliphatic carbocycles. The number of piperazine rings is 1. The molecular formula is C20H26F3N5O4. The van der Waals surface area contributed by atoms with Crippen molar-refractivity contribution in [2.24, 2.45) is 5.16 Å². The van der Waals surface area contributed by atoms with Crippen LogP contribution in [0.25, 0.3) is 11.1 Å². The number of unbranched alkanes of at least 4 members (excludes halogenated alkanes) is 1. The summed E-state index contributed by atoms with van der Waals surface area (Å²) in [5.74, 6) is 0.108. The number of nitrogens with zero attached hydrogens (tertiary/aromatic N) is 4. The van der Waals surface area contributed by atoms with Crippen LogP contribution in [0.3, 0.4) is 0 Å². The van der Waals surface area contributed by atoms with E-state index < -0.39 is 23.8 Å². The van der Waals surface area contributed by atoms with Crippen molar-refractivity contribution >= 4 is 16.9 Å². The molecule has 0 amide bonds. The predicted molar refractivity (Wildman–Crippen MR) is 112 cm³/mol. The highest BCUT2D eigenvalue weighted by Crippen LogP contribution is 2.23. The highest BCUT2D eigenvalue weighted by atomic mass is 19.4. The number of aryl methyl sites for hydroxylation is 1. The van der Waals surface area contributed by atoms with Gasteiger partial charge >= 0.3 is 17.8 Å². The number of oxime groups is 1. The van der Waals surface area contributed by atoms with E-state index in [9.17, 15) is 22.8 Å². The van der Waals surface area contributed by atoms with E-state index in [1.165, 1.54) is 6.07 Å². The number of fused-ring (bicyclic) bond motifs is 1. The molecule has 0 saturated carbocycles. The van der Waals surface area contributed by atoms with Gasteiger partial charge in [-0.15, -0.1) is 0 Å². The van der Waals surface area contributed by atoms with E-state index in [4.69, 9.17) is 9.25 Å². The van der Waals surface area contributed by atoms with Crippen LogP contribution in [0.1, 0.15) is 38.2 Å². The van der Waals surface area contributed by atoms with E-state index in [2.05, 4.69) is 20.0 Å². The fraction of sp³-hybridized carbons (Fsp3) is 0.600. The van der Waals surface area contributed by atoms with Crippen molar-refractivity contribution in [3.63, 3.8) is 0 Å². The highest BCUT2D eigenvalue weighted by molar-refractivity contribution is 5.82. The number of amidine groups is 1. The predicted octanol–water partition coefficient (Wildman–Crippen LogP) is 2.50. The summed E-state index contributed by atoms with van der Waals surface area (Å²) < 4.78 is 43.4. The molecule has 0 bridgehead atoms. The Hall–Kier alpha value is -2.89. The van der Waals surface area contributed by atoms with Crippen LogP contribution in [-0.4, -0.2) is 65.0 Å². The number of likely N-dealkylation sites (N-methyl/N-ethyl adjacent to an activating group) is 1. The molecule has 1 saturated heterocycles. The van der Waals surface area contributed by atoms with Gasteiger partial charge < -0.3 is 19.1 Å². The second-order valence-corrected chi connectivity index (χ2v) is 7.75. The number of aromatic nitrogens is 2. The lowest BCUT2D eigenvalue weighted by Crippen LogP contribution is -2.47.